The van der Waals surface area contributed by atoms with Crippen LogP contribution in [0.4, 0.5) is 4.39 Å². The molecule has 1 atom stereocenters. The predicted octanol–water partition coefficient (Wildman–Crippen LogP) is 2.23. The van der Waals surface area contributed by atoms with Crippen molar-refractivity contribution in [2.24, 2.45) is 0 Å². The molecule has 2 N–H and O–H groups in total. The second-order valence-corrected chi connectivity index (χ2v) is 5.31. The lowest BCUT2D eigenvalue weighted by atomic mass is 10.0. The molecule has 0 saturated heterocycles. The lowest BCUT2D eigenvalue weighted by Crippen LogP contribution is -2.30. The molecule has 0 aliphatic rings. The third-order valence-corrected chi connectivity index (χ3v) is 3.54. The van der Waals surface area contributed by atoms with Crippen molar-refractivity contribution in [1.29, 1.82) is 0 Å². The van der Waals surface area contributed by atoms with Gasteiger partial charge in [0.15, 0.2) is 5.69 Å². The first kappa shape index (κ1) is 17.2. The molecule has 0 aliphatic heterocycles. The van der Waals surface area contributed by atoms with E-state index in [-0.39, 0.29) is 11.4 Å². The minimum Gasteiger partial charge on any atom is -0.476 e. The lowest BCUT2D eigenvalue weighted by Gasteiger charge is -2.18. The van der Waals surface area contributed by atoms with Gasteiger partial charge in [0.2, 0.25) is 0 Å². The van der Waals surface area contributed by atoms with E-state index in [1.807, 2.05) is 0 Å². The molecule has 7 nitrogen and oxygen atoms in total. The Morgan fingerprint density at radius 3 is 2.38 bits per heavy atom. The molecule has 0 bridgehead atoms. The van der Waals surface area contributed by atoms with Gasteiger partial charge in [-0.25, -0.2) is 19.2 Å². The molecule has 8 heteroatoms. The maximum Gasteiger partial charge on any atom is 0.356 e. The topological polar surface area (TPSA) is 105 Å². The monoisotopic (exact) mass is 352 g/mol. The molecule has 26 heavy (non-hydrogen) atoms. The van der Waals surface area contributed by atoms with Crippen LogP contribution in [0.3, 0.4) is 0 Å². The summed E-state index contributed by atoms with van der Waals surface area (Å²) in [7, 11) is 0. The Labute approximate surface area is 147 Å². The quantitative estimate of drug-likeness (QED) is 0.729. The maximum absolute atomic E-state index is 13.6. The number of hydrogen-bond donors (Lipinski definition) is 2. The number of carboxylic acids is 1. The van der Waals surface area contributed by atoms with Crippen molar-refractivity contribution in [2.75, 3.05) is 0 Å². The zero-order chi connectivity index (χ0) is 18.5. The summed E-state index contributed by atoms with van der Waals surface area (Å²) in [5, 5.41) is 11.6. The van der Waals surface area contributed by atoms with Crippen LogP contribution in [-0.4, -0.2) is 31.9 Å². The van der Waals surface area contributed by atoms with Gasteiger partial charge < -0.3 is 10.4 Å². The number of pyridine rings is 1. The molecular formula is C18H13FN4O3. The van der Waals surface area contributed by atoms with E-state index >= 15 is 0 Å². The average molecular weight is 352 g/mol. The molecule has 3 aromatic rings. The number of rotatable bonds is 5. The zero-order valence-electron chi connectivity index (χ0n) is 13.3. The summed E-state index contributed by atoms with van der Waals surface area (Å²) in [4.78, 5) is 35.0. The van der Waals surface area contributed by atoms with Crippen LogP contribution in [-0.2, 0) is 0 Å². The second-order valence-electron chi connectivity index (χ2n) is 5.31. The van der Waals surface area contributed by atoms with E-state index < -0.39 is 23.7 Å². The van der Waals surface area contributed by atoms with Crippen molar-refractivity contribution < 1.29 is 19.1 Å². The molecule has 0 fully saturated rings. The van der Waals surface area contributed by atoms with Gasteiger partial charge in [-0.05, 0) is 29.8 Å². The van der Waals surface area contributed by atoms with E-state index in [2.05, 4.69) is 20.3 Å². The SMILES string of the molecule is O=C(O)c1cnc(C(=O)NC(c2cccc(F)c2)c2ccccn2)cn1. The molecule has 0 saturated carbocycles. The van der Waals surface area contributed by atoms with Gasteiger partial charge in [0.25, 0.3) is 5.91 Å². The van der Waals surface area contributed by atoms with Crippen LogP contribution in [0.25, 0.3) is 0 Å². The lowest BCUT2D eigenvalue weighted by molar-refractivity contribution is 0.0689. The smallest absolute Gasteiger partial charge is 0.356 e. The highest BCUT2D eigenvalue weighted by Crippen LogP contribution is 2.21. The Kier molecular flexibility index (Phi) is 4.93. The van der Waals surface area contributed by atoms with Crippen molar-refractivity contribution >= 4 is 11.9 Å². The number of aromatic nitrogens is 3. The molecular weight excluding hydrogens is 339 g/mol. The van der Waals surface area contributed by atoms with Gasteiger partial charge in [0, 0.05) is 6.20 Å². The maximum atomic E-state index is 13.6. The van der Waals surface area contributed by atoms with Crippen LogP contribution in [0.1, 0.15) is 38.3 Å². The van der Waals surface area contributed by atoms with Gasteiger partial charge in [-0.3, -0.25) is 9.78 Å². The Hall–Kier alpha value is -3.68. The molecule has 0 aliphatic carbocycles. The molecule has 0 radical (unpaired) electrons. The first-order chi connectivity index (χ1) is 12.5. The van der Waals surface area contributed by atoms with Gasteiger partial charge in [-0.15, -0.1) is 0 Å². The number of carbonyl (C=O) groups excluding carboxylic acids is 1. The number of benzene rings is 1. The summed E-state index contributed by atoms with van der Waals surface area (Å²) in [6.45, 7) is 0. The fourth-order valence-corrected chi connectivity index (χ4v) is 2.32. The highest BCUT2D eigenvalue weighted by Gasteiger charge is 2.20. The highest BCUT2D eigenvalue weighted by molar-refractivity contribution is 5.93. The van der Waals surface area contributed by atoms with Crippen LogP contribution >= 0.6 is 0 Å². The molecule has 1 aromatic carbocycles. The molecule has 0 spiro atoms. The van der Waals surface area contributed by atoms with Gasteiger partial charge in [-0.2, -0.15) is 0 Å². The standard InChI is InChI=1S/C18H13FN4O3/c19-12-5-3-4-11(8-12)16(13-6-1-2-7-20-13)23-17(24)14-9-22-15(10-21-14)18(25)26/h1-10,16H,(H,23,24)(H,25,26). The Morgan fingerprint density at radius 1 is 1.00 bits per heavy atom. The first-order valence-electron chi connectivity index (χ1n) is 7.57. The fraction of sp³-hybridized carbons (Fsp3) is 0.0556. The molecule has 130 valence electrons. The minimum atomic E-state index is -1.24. The first-order valence-corrected chi connectivity index (χ1v) is 7.57. The minimum absolute atomic E-state index is 0.0627. The summed E-state index contributed by atoms with van der Waals surface area (Å²) in [6.07, 6.45) is 3.63. The Bertz CT molecular complexity index is 933. The van der Waals surface area contributed by atoms with E-state index in [4.69, 9.17) is 5.11 Å². The number of nitrogens with zero attached hydrogens (tertiary/aromatic N) is 3. The van der Waals surface area contributed by atoms with Crippen molar-refractivity contribution in [2.45, 2.75) is 6.04 Å². The van der Waals surface area contributed by atoms with Crippen LogP contribution in [0.5, 0.6) is 0 Å². The fourth-order valence-electron chi connectivity index (χ4n) is 2.32. The zero-order valence-corrected chi connectivity index (χ0v) is 13.3. The summed E-state index contributed by atoms with van der Waals surface area (Å²) < 4.78 is 13.6. The predicted molar refractivity (Wildman–Crippen MR) is 88.9 cm³/mol. The molecule has 1 unspecified atom stereocenters. The molecule has 2 aromatic heterocycles. The summed E-state index contributed by atoms with van der Waals surface area (Å²) >= 11 is 0. The Balaban J connectivity index is 1.90. The number of nitrogens with one attached hydrogen (secondary N) is 1. The number of halogens is 1. The molecule has 2 heterocycles. The largest absolute Gasteiger partial charge is 0.476 e. The van der Waals surface area contributed by atoms with E-state index in [0.717, 1.165) is 12.4 Å². The van der Waals surface area contributed by atoms with Crippen LogP contribution in [0.2, 0.25) is 0 Å². The van der Waals surface area contributed by atoms with Crippen LogP contribution in [0.15, 0.2) is 61.1 Å². The van der Waals surface area contributed by atoms with Crippen molar-refractivity contribution in [1.82, 2.24) is 20.3 Å². The summed E-state index contributed by atoms with van der Waals surface area (Å²) in [6, 6.07) is 10.3. The van der Waals surface area contributed by atoms with Gasteiger partial charge >= 0.3 is 5.97 Å². The van der Waals surface area contributed by atoms with Gasteiger partial charge in [0.05, 0.1) is 24.1 Å². The third kappa shape index (κ3) is 3.86. The number of hydrogen-bond acceptors (Lipinski definition) is 5. The van der Waals surface area contributed by atoms with Crippen LogP contribution < -0.4 is 5.32 Å². The average Bonchev–Trinajstić information content (AvgIpc) is 2.66. The van der Waals surface area contributed by atoms with Gasteiger partial charge in [0.1, 0.15) is 11.5 Å². The van der Waals surface area contributed by atoms with E-state index in [9.17, 15) is 14.0 Å². The molecule has 3 rings (SSSR count). The number of amides is 1. The number of carbonyl (C=O) groups is 2. The second kappa shape index (κ2) is 7.47. The van der Waals surface area contributed by atoms with Crippen molar-refractivity contribution in [3.8, 4) is 0 Å². The third-order valence-electron chi connectivity index (χ3n) is 3.54. The van der Waals surface area contributed by atoms with Crippen LogP contribution in [0, 0.1) is 5.82 Å². The van der Waals surface area contributed by atoms with E-state index in [1.54, 1.807) is 30.5 Å². The highest BCUT2D eigenvalue weighted by atomic mass is 19.1. The van der Waals surface area contributed by atoms with Gasteiger partial charge in [-0.1, -0.05) is 18.2 Å². The number of aromatic carboxylic acids is 1. The van der Waals surface area contributed by atoms with Crippen molar-refractivity contribution in [3.05, 3.63) is 89.5 Å². The number of carboxylic acid groups (broad SMARTS) is 1. The van der Waals surface area contributed by atoms with E-state index in [1.165, 1.54) is 18.2 Å². The van der Waals surface area contributed by atoms with E-state index in [0.29, 0.717) is 11.3 Å². The van der Waals surface area contributed by atoms with Crippen molar-refractivity contribution in [3.63, 3.8) is 0 Å². The summed E-state index contributed by atoms with van der Waals surface area (Å²) in [5.41, 5.74) is 0.689. The Morgan fingerprint density at radius 2 is 1.77 bits per heavy atom. The molecule has 1 amide bonds. The summed E-state index contributed by atoms with van der Waals surface area (Å²) in [5.74, 6) is -2.27. The normalized spacial score (nSPS) is 11.6.